The Kier molecular flexibility index (Phi) is 6.67. The highest BCUT2D eigenvalue weighted by Crippen LogP contribution is 2.21. The largest absolute Gasteiger partial charge is 0.398 e. The number of amides is 1. The minimum Gasteiger partial charge on any atom is -0.398 e. The third-order valence-corrected chi connectivity index (χ3v) is 3.42. The van der Waals surface area contributed by atoms with Gasteiger partial charge >= 0.3 is 0 Å². The van der Waals surface area contributed by atoms with Crippen LogP contribution in [-0.2, 0) is 0 Å². The molecule has 106 valence electrons. The maximum Gasteiger partial charge on any atom is 0.254 e. The second kappa shape index (κ2) is 8.02. The fraction of sp³-hybridized carbons (Fsp3) is 0.500. The molecule has 1 amide bonds. The molecule has 0 bridgehead atoms. The van der Waals surface area contributed by atoms with Crippen LogP contribution >= 0.6 is 11.6 Å². The predicted molar refractivity (Wildman–Crippen MR) is 80.6 cm³/mol. The number of nitrogen functional groups attached to an aromatic ring is 1. The number of benzene rings is 1. The van der Waals surface area contributed by atoms with E-state index in [1.807, 2.05) is 0 Å². The van der Waals surface area contributed by atoms with Crippen molar-refractivity contribution in [2.24, 2.45) is 0 Å². The molecule has 0 heterocycles. The molecule has 0 aromatic heterocycles. The van der Waals surface area contributed by atoms with E-state index in [0.29, 0.717) is 22.8 Å². The number of nitrogens with two attached hydrogens (primary N) is 1. The number of rotatable bonds is 7. The molecule has 0 aliphatic rings. The van der Waals surface area contributed by atoms with Crippen molar-refractivity contribution < 1.29 is 4.79 Å². The lowest BCUT2D eigenvalue weighted by Gasteiger charge is -2.17. The first-order valence-electron chi connectivity index (χ1n) is 6.64. The van der Waals surface area contributed by atoms with Crippen molar-refractivity contribution >= 4 is 23.2 Å². The summed E-state index contributed by atoms with van der Waals surface area (Å²) in [4.78, 5) is 14.3. The van der Waals surface area contributed by atoms with Crippen LogP contribution in [0.5, 0.6) is 0 Å². The molecule has 0 unspecified atom stereocenters. The van der Waals surface area contributed by atoms with E-state index in [1.54, 1.807) is 18.2 Å². The maximum absolute atomic E-state index is 12.0. The Morgan fingerprint density at radius 1 is 1.37 bits per heavy atom. The van der Waals surface area contributed by atoms with Gasteiger partial charge in [-0.25, -0.2) is 0 Å². The van der Waals surface area contributed by atoms with Crippen LogP contribution in [0.15, 0.2) is 18.2 Å². The Hall–Kier alpha value is -1.26. The molecule has 0 aliphatic carbocycles. The van der Waals surface area contributed by atoms with Gasteiger partial charge in [-0.1, -0.05) is 31.5 Å². The fourth-order valence-electron chi connectivity index (χ4n) is 1.91. The van der Waals surface area contributed by atoms with Crippen LogP contribution in [0.1, 0.15) is 30.6 Å². The van der Waals surface area contributed by atoms with Gasteiger partial charge in [-0.2, -0.15) is 0 Å². The molecule has 1 aromatic rings. The number of hydrogen-bond acceptors (Lipinski definition) is 3. The third-order valence-electron chi connectivity index (χ3n) is 3.10. The molecule has 0 saturated heterocycles. The SMILES string of the molecule is CCN(CC)CCCNC(=O)c1c(N)cccc1Cl. The normalized spacial score (nSPS) is 10.7. The van der Waals surface area contributed by atoms with Gasteiger partial charge in [0.25, 0.3) is 5.91 Å². The third kappa shape index (κ3) is 4.73. The summed E-state index contributed by atoms with van der Waals surface area (Å²) in [7, 11) is 0. The van der Waals surface area contributed by atoms with E-state index in [2.05, 4.69) is 24.1 Å². The molecule has 4 nitrogen and oxygen atoms in total. The van der Waals surface area contributed by atoms with Crippen LogP contribution in [0.25, 0.3) is 0 Å². The Bertz CT molecular complexity index is 399. The number of anilines is 1. The van der Waals surface area contributed by atoms with Crippen molar-refractivity contribution in [2.75, 3.05) is 31.9 Å². The summed E-state index contributed by atoms with van der Waals surface area (Å²) < 4.78 is 0. The molecular weight excluding hydrogens is 262 g/mol. The molecular formula is C14H22ClN3O. The first-order chi connectivity index (χ1) is 9.10. The number of nitrogens with zero attached hydrogens (tertiary/aromatic N) is 1. The zero-order valence-corrected chi connectivity index (χ0v) is 12.3. The summed E-state index contributed by atoms with van der Waals surface area (Å²) in [5.74, 6) is -0.206. The van der Waals surface area contributed by atoms with E-state index in [-0.39, 0.29) is 5.91 Å². The van der Waals surface area contributed by atoms with Crippen molar-refractivity contribution in [2.45, 2.75) is 20.3 Å². The average molecular weight is 284 g/mol. The summed E-state index contributed by atoms with van der Waals surface area (Å²) in [6, 6.07) is 5.08. The topological polar surface area (TPSA) is 58.4 Å². The van der Waals surface area contributed by atoms with Crippen LogP contribution < -0.4 is 11.1 Å². The minimum absolute atomic E-state index is 0.206. The van der Waals surface area contributed by atoms with Crippen LogP contribution in [0, 0.1) is 0 Å². The van der Waals surface area contributed by atoms with Crippen LogP contribution in [-0.4, -0.2) is 37.0 Å². The number of halogens is 1. The van der Waals surface area contributed by atoms with Gasteiger partial charge in [-0.3, -0.25) is 4.79 Å². The minimum atomic E-state index is -0.206. The molecule has 0 spiro atoms. The van der Waals surface area contributed by atoms with Gasteiger partial charge in [0, 0.05) is 12.2 Å². The van der Waals surface area contributed by atoms with E-state index in [9.17, 15) is 4.79 Å². The molecule has 0 aliphatic heterocycles. The second-order valence-corrected chi connectivity index (χ2v) is 4.75. The number of carbonyl (C=O) groups excluding carboxylic acids is 1. The highest BCUT2D eigenvalue weighted by molar-refractivity contribution is 6.34. The highest BCUT2D eigenvalue weighted by Gasteiger charge is 2.13. The number of hydrogen-bond donors (Lipinski definition) is 2. The molecule has 3 N–H and O–H groups in total. The van der Waals surface area contributed by atoms with Crippen molar-refractivity contribution in [3.63, 3.8) is 0 Å². The summed E-state index contributed by atoms with van der Waals surface area (Å²) in [5.41, 5.74) is 6.54. The zero-order valence-electron chi connectivity index (χ0n) is 11.6. The van der Waals surface area contributed by atoms with Gasteiger partial charge in [-0.15, -0.1) is 0 Å². The first-order valence-corrected chi connectivity index (χ1v) is 7.02. The second-order valence-electron chi connectivity index (χ2n) is 4.34. The molecule has 0 saturated carbocycles. The molecule has 1 aromatic carbocycles. The van der Waals surface area contributed by atoms with Crippen molar-refractivity contribution in [3.8, 4) is 0 Å². The summed E-state index contributed by atoms with van der Waals surface area (Å²) >= 11 is 5.98. The Balaban J connectivity index is 2.44. The Labute approximate surface area is 119 Å². The summed E-state index contributed by atoms with van der Waals surface area (Å²) in [6.07, 6.45) is 0.914. The maximum atomic E-state index is 12.0. The van der Waals surface area contributed by atoms with Crippen molar-refractivity contribution in [1.82, 2.24) is 10.2 Å². The molecule has 0 atom stereocenters. The van der Waals surface area contributed by atoms with Gasteiger partial charge in [0.05, 0.1) is 10.6 Å². The van der Waals surface area contributed by atoms with Crippen LogP contribution in [0.3, 0.4) is 0 Å². The van der Waals surface area contributed by atoms with Crippen LogP contribution in [0.2, 0.25) is 5.02 Å². The lowest BCUT2D eigenvalue weighted by molar-refractivity contribution is 0.0953. The van der Waals surface area contributed by atoms with E-state index in [4.69, 9.17) is 17.3 Å². The number of carbonyl (C=O) groups is 1. The number of nitrogens with one attached hydrogen (secondary N) is 1. The molecule has 5 heteroatoms. The van der Waals surface area contributed by atoms with Crippen molar-refractivity contribution in [3.05, 3.63) is 28.8 Å². The van der Waals surface area contributed by atoms with Crippen molar-refractivity contribution in [1.29, 1.82) is 0 Å². The monoisotopic (exact) mass is 283 g/mol. The highest BCUT2D eigenvalue weighted by atomic mass is 35.5. The van der Waals surface area contributed by atoms with E-state index in [1.165, 1.54) is 0 Å². The smallest absolute Gasteiger partial charge is 0.254 e. The molecule has 19 heavy (non-hydrogen) atoms. The van der Waals surface area contributed by atoms with Gasteiger partial charge in [0.2, 0.25) is 0 Å². The predicted octanol–water partition coefficient (Wildman–Crippen LogP) is 2.38. The molecule has 1 rings (SSSR count). The van der Waals surface area contributed by atoms with E-state index in [0.717, 1.165) is 26.1 Å². The lowest BCUT2D eigenvalue weighted by Crippen LogP contribution is -2.30. The summed E-state index contributed by atoms with van der Waals surface area (Å²) in [6.45, 7) is 7.92. The quantitative estimate of drug-likeness (QED) is 0.597. The van der Waals surface area contributed by atoms with Gasteiger partial charge in [0.1, 0.15) is 0 Å². The Morgan fingerprint density at radius 2 is 2.05 bits per heavy atom. The average Bonchev–Trinajstić information content (AvgIpc) is 2.38. The molecule has 0 fully saturated rings. The first kappa shape index (κ1) is 15.8. The molecule has 0 radical (unpaired) electrons. The summed E-state index contributed by atoms with van der Waals surface area (Å²) in [5, 5.41) is 3.24. The van der Waals surface area contributed by atoms with Gasteiger partial charge in [0.15, 0.2) is 0 Å². The van der Waals surface area contributed by atoms with Crippen LogP contribution in [0.4, 0.5) is 5.69 Å². The van der Waals surface area contributed by atoms with E-state index < -0.39 is 0 Å². The van der Waals surface area contributed by atoms with Gasteiger partial charge in [-0.05, 0) is 38.2 Å². The van der Waals surface area contributed by atoms with E-state index >= 15 is 0 Å². The Morgan fingerprint density at radius 3 is 2.63 bits per heavy atom. The zero-order chi connectivity index (χ0) is 14.3. The lowest BCUT2D eigenvalue weighted by atomic mass is 10.1. The standard InChI is InChI=1S/C14H22ClN3O/c1-3-18(4-2)10-6-9-17-14(19)13-11(15)7-5-8-12(13)16/h5,7-8H,3-4,6,9-10,16H2,1-2H3,(H,17,19). The fourth-order valence-corrected chi connectivity index (χ4v) is 2.18. The van der Waals surface area contributed by atoms with Gasteiger partial charge < -0.3 is 16.0 Å².